The van der Waals surface area contributed by atoms with Crippen molar-refractivity contribution in [3.63, 3.8) is 0 Å². The summed E-state index contributed by atoms with van der Waals surface area (Å²) in [6.07, 6.45) is 1.55. The van der Waals surface area contributed by atoms with Crippen molar-refractivity contribution in [2.45, 2.75) is 20.8 Å². The summed E-state index contributed by atoms with van der Waals surface area (Å²) in [6, 6.07) is 1.41. The van der Waals surface area contributed by atoms with Crippen LogP contribution in [0.15, 0.2) is 12.3 Å². The van der Waals surface area contributed by atoms with E-state index in [1.165, 1.54) is 10.6 Å². The molecule has 1 rings (SSSR count). The molecule has 0 bridgehead atoms. The fourth-order valence-corrected chi connectivity index (χ4v) is 1.33. The van der Waals surface area contributed by atoms with E-state index in [4.69, 9.17) is 5.11 Å². The van der Waals surface area contributed by atoms with Crippen molar-refractivity contribution >= 4 is 11.8 Å². The lowest BCUT2D eigenvalue weighted by Gasteiger charge is -2.14. The van der Waals surface area contributed by atoms with Crippen LogP contribution < -0.4 is 0 Å². The van der Waals surface area contributed by atoms with Crippen LogP contribution in [0.4, 0.5) is 0 Å². The number of nitrogens with zero attached hydrogens (tertiary/aromatic N) is 1. The maximum Gasteiger partial charge on any atom is 0.352 e. The maximum atomic E-state index is 11.8. The van der Waals surface area contributed by atoms with Crippen LogP contribution in [0.1, 0.15) is 41.6 Å². The topological polar surface area (TPSA) is 59.3 Å². The van der Waals surface area contributed by atoms with Gasteiger partial charge in [-0.1, -0.05) is 20.8 Å². The number of hydrogen-bond acceptors (Lipinski definition) is 2. The fraction of sp³-hybridized carbons (Fsp3) is 0.455. The van der Waals surface area contributed by atoms with Crippen LogP contribution in [0.2, 0.25) is 0 Å². The monoisotopic (exact) mass is 209 g/mol. The Morgan fingerprint density at radius 1 is 1.33 bits per heavy atom. The molecule has 0 radical (unpaired) electrons. The molecule has 0 aliphatic carbocycles. The third-order valence-electron chi connectivity index (χ3n) is 2.17. The molecule has 1 heterocycles. The molecule has 4 heteroatoms. The molecule has 82 valence electrons. The Bertz CT molecular complexity index is 410. The Kier molecular flexibility index (Phi) is 2.71. The van der Waals surface area contributed by atoms with Crippen molar-refractivity contribution in [1.29, 1.82) is 0 Å². The highest BCUT2D eigenvalue weighted by Crippen LogP contribution is 2.21. The highest BCUT2D eigenvalue weighted by molar-refractivity contribution is 6.01. The Balaban J connectivity index is 3.14. The van der Waals surface area contributed by atoms with Crippen molar-refractivity contribution in [2.75, 3.05) is 0 Å². The molecule has 0 aliphatic rings. The van der Waals surface area contributed by atoms with Gasteiger partial charge in [-0.3, -0.25) is 4.79 Å². The van der Waals surface area contributed by atoms with E-state index in [9.17, 15) is 9.59 Å². The van der Waals surface area contributed by atoms with Gasteiger partial charge in [0.15, 0.2) is 5.78 Å². The van der Waals surface area contributed by atoms with Gasteiger partial charge in [-0.2, -0.15) is 0 Å². The smallest absolute Gasteiger partial charge is 0.352 e. The second-order valence-corrected chi connectivity index (χ2v) is 4.61. The van der Waals surface area contributed by atoms with E-state index >= 15 is 0 Å². The number of carboxylic acid groups (broad SMARTS) is 1. The number of aromatic carboxylic acids is 1. The van der Waals surface area contributed by atoms with E-state index in [-0.39, 0.29) is 11.5 Å². The number of carbonyl (C=O) groups excluding carboxylic acids is 1. The normalized spacial score (nSPS) is 11.5. The van der Waals surface area contributed by atoms with Crippen molar-refractivity contribution < 1.29 is 14.7 Å². The quantitative estimate of drug-likeness (QED) is 0.757. The van der Waals surface area contributed by atoms with Gasteiger partial charge < -0.3 is 9.67 Å². The van der Waals surface area contributed by atoms with Gasteiger partial charge in [-0.05, 0) is 6.07 Å². The predicted molar refractivity (Wildman–Crippen MR) is 56.2 cm³/mol. The standard InChI is InChI=1S/C11H15NO3/c1-11(2,3)9(13)7-5-8(10(14)15)12(4)6-7/h5-6H,1-4H3,(H,14,15). The summed E-state index contributed by atoms with van der Waals surface area (Å²) in [5, 5.41) is 8.83. The Labute approximate surface area is 88.5 Å². The number of carboxylic acids is 1. The van der Waals surface area contributed by atoms with E-state index in [2.05, 4.69) is 0 Å². The van der Waals surface area contributed by atoms with Crippen LogP contribution in [0.5, 0.6) is 0 Å². The molecule has 0 aromatic carbocycles. The molecule has 0 amide bonds. The molecule has 0 unspecified atom stereocenters. The van der Waals surface area contributed by atoms with Gasteiger partial charge in [0.2, 0.25) is 0 Å². The molecule has 0 atom stereocenters. The summed E-state index contributed by atoms with van der Waals surface area (Å²) in [5.41, 5.74) is 0.0851. The molecule has 15 heavy (non-hydrogen) atoms. The van der Waals surface area contributed by atoms with Crippen LogP contribution in [0.25, 0.3) is 0 Å². The summed E-state index contributed by atoms with van der Waals surface area (Å²) in [4.78, 5) is 22.6. The van der Waals surface area contributed by atoms with Crippen LogP contribution in [-0.2, 0) is 7.05 Å². The number of ketones is 1. The van der Waals surface area contributed by atoms with Gasteiger partial charge in [0.1, 0.15) is 5.69 Å². The average Bonchev–Trinajstić information content (AvgIpc) is 2.44. The van der Waals surface area contributed by atoms with E-state index in [0.717, 1.165) is 0 Å². The number of rotatable bonds is 2. The minimum absolute atomic E-state index is 0.0504. The zero-order valence-corrected chi connectivity index (χ0v) is 9.37. The van der Waals surface area contributed by atoms with Gasteiger partial charge in [0.05, 0.1) is 0 Å². The van der Waals surface area contributed by atoms with Gasteiger partial charge >= 0.3 is 5.97 Å². The van der Waals surface area contributed by atoms with E-state index in [1.54, 1.807) is 13.2 Å². The molecular weight excluding hydrogens is 194 g/mol. The number of aromatic nitrogens is 1. The van der Waals surface area contributed by atoms with Crippen molar-refractivity contribution in [3.05, 3.63) is 23.5 Å². The first-order valence-corrected chi connectivity index (χ1v) is 4.68. The summed E-state index contributed by atoms with van der Waals surface area (Å²) < 4.78 is 1.45. The summed E-state index contributed by atoms with van der Waals surface area (Å²) in [5.74, 6) is -1.07. The molecule has 0 fully saturated rings. The van der Waals surface area contributed by atoms with Gasteiger partial charge in [-0.25, -0.2) is 4.79 Å². The van der Waals surface area contributed by atoms with E-state index in [0.29, 0.717) is 5.56 Å². The molecule has 1 N–H and O–H groups in total. The predicted octanol–water partition coefficient (Wildman–Crippen LogP) is 1.95. The number of hydrogen-bond donors (Lipinski definition) is 1. The van der Waals surface area contributed by atoms with Crippen molar-refractivity contribution in [1.82, 2.24) is 4.57 Å². The Hall–Kier alpha value is -1.58. The first-order valence-electron chi connectivity index (χ1n) is 4.68. The lowest BCUT2D eigenvalue weighted by atomic mass is 9.87. The van der Waals surface area contributed by atoms with E-state index < -0.39 is 11.4 Å². The molecule has 1 aromatic rings. The summed E-state index contributed by atoms with van der Waals surface area (Å²) >= 11 is 0. The zero-order chi connectivity index (χ0) is 11.8. The average molecular weight is 209 g/mol. The minimum Gasteiger partial charge on any atom is -0.477 e. The first-order chi connectivity index (χ1) is 6.73. The summed E-state index contributed by atoms with van der Waals surface area (Å²) in [6.45, 7) is 5.42. The zero-order valence-electron chi connectivity index (χ0n) is 9.37. The third kappa shape index (κ3) is 2.26. The van der Waals surface area contributed by atoms with Gasteiger partial charge in [0.25, 0.3) is 0 Å². The molecular formula is C11H15NO3. The lowest BCUT2D eigenvalue weighted by Crippen LogP contribution is -2.19. The number of Topliss-reactive ketones (excluding diaryl/α,β-unsaturated/α-hetero) is 1. The Morgan fingerprint density at radius 2 is 1.87 bits per heavy atom. The third-order valence-corrected chi connectivity index (χ3v) is 2.17. The van der Waals surface area contributed by atoms with Crippen LogP contribution in [-0.4, -0.2) is 21.4 Å². The van der Waals surface area contributed by atoms with Gasteiger partial charge in [0, 0.05) is 24.2 Å². The summed E-state index contributed by atoms with van der Waals surface area (Å²) in [7, 11) is 1.61. The first kappa shape index (κ1) is 11.5. The lowest BCUT2D eigenvalue weighted by molar-refractivity contribution is 0.0686. The number of carbonyl (C=O) groups is 2. The highest BCUT2D eigenvalue weighted by atomic mass is 16.4. The SMILES string of the molecule is Cn1cc(C(=O)C(C)(C)C)cc1C(=O)O. The fourth-order valence-electron chi connectivity index (χ4n) is 1.33. The highest BCUT2D eigenvalue weighted by Gasteiger charge is 2.25. The van der Waals surface area contributed by atoms with Crippen LogP contribution in [0, 0.1) is 5.41 Å². The molecule has 0 saturated heterocycles. The molecule has 4 nitrogen and oxygen atoms in total. The van der Waals surface area contributed by atoms with Gasteiger partial charge in [-0.15, -0.1) is 0 Å². The molecule has 0 saturated carbocycles. The number of aryl methyl sites for hydroxylation is 1. The van der Waals surface area contributed by atoms with Crippen LogP contribution in [0.3, 0.4) is 0 Å². The second kappa shape index (κ2) is 3.53. The van der Waals surface area contributed by atoms with E-state index in [1.807, 2.05) is 20.8 Å². The molecule has 0 aliphatic heterocycles. The molecule has 0 spiro atoms. The maximum absolute atomic E-state index is 11.8. The van der Waals surface area contributed by atoms with Crippen LogP contribution >= 0.6 is 0 Å². The minimum atomic E-state index is -1.02. The Morgan fingerprint density at radius 3 is 2.20 bits per heavy atom. The second-order valence-electron chi connectivity index (χ2n) is 4.61. The van der Waals surface area contributed by atoms with Crippen molar-refractivity contribution in [3.8, 4) is 0 Å². The largest absolute Gasteiger partial charge is 0.477 e. The van der Waals surface area contributed by atoms with Crippen molar-refractivity contribution in [2.24, 2.45) is 12.5 Å². The molecule has 1 aromatic heterocycles.